The number of hydrogen-bond acceptors (Lipinski definition) is 2. The van der Waals surface area contributed by atoms with E-state index in [1.165, 1.54) is 48.3 Å². The highest BCUT2D eigenvalue weighted by Gasteiger charge is 2.49. The Hall–Kier alpha value is -2.10. The molecule has 0 spiro atoms. The molecule has 0 aromatic heterocycles. The van der Waals surface area contributed by atoms with Gasteiger partial charge in [0.05, 0.1) is 11.5 Å². The predicted octanol–water partition coefficient (Wildman–Crippen LogP) is 4.54. The smallest absolute Gasteiger partial charge is 0.270 e. The van der Waals surface area contributed by atoms with E-state index in [4.69, 9.17) is 5.41 Å². The predicted molar refractivity (Wildman–Crippen MR) is 109 cm³/mol. The number of nitrogens with one attached hydrogen (secondary N) is 2. The van der Waals surface area contributed by atoms with Crippen molar-refractivity contribution in [2.24, 2.45) is 0 Å². The Kier molecular flexibility index (Phi) is 5.20. The molecule has 0 saturated carbocycles. The number of carbonyl (C=O) groups excluding carboxylic acids is 1. The summed E-state index contributed by atoms with van der Waals surface area (Å²) >= 11 is 1.99. The van der Waals surface area contributed by atoms with Gasteiger partial charge in [-0.05, 0) is 52.8 Å². The van der Waals surface area contributed by atoms with Crippen molar-refractivity contribution in [1.82, 2.24) is 10.2 Å². The maximum absolute atomic E-state index is 13.6. The third kappa shape index (κ3) is 3.49. The van der Waals surface area contributed by atoms with Gasteiger partial charge in [-0.15, -0.1) is 0 Å². The SMILES string of the molecule is CN1C(=N)N[C@](C)(c2ccc(F)cc2I)[C@@H](c2ccc(C(C)(F)F)cc2)C1=O. The number of carbonyl (C=O) groups is 1. The molecule has 2 aromatic carbocycles. The second-order valence-corrected chi connectivity index (χ2v) is 8.30. The fraction of sp³-hybridized carbons (Fsp3) is 0.300. The molecule has 1 fully saturated rings. The van der Waals surface area contributed by atoms with E-state index in [2.05, 4.69) is 5.32 Å². The van der Waals surface area contributed by atoms with Crippen LogP contribution in [0.3, 0.4) is 0 Å². The van der Waals surface area contributed by atoms with Gasteiger partial charge >= 0.3 is 0 Å². The van der Waals surface area contributed by atoms with Crippen molar-refractivity contribution < 1.29 is 18.0 Å². The zero-order chi connectivity index (χ0) is 20.9. The minimum Gasteiger partial charge on any atom is -0.346 e. The van der Waals surface area contributed by atoms with Crippen LogP contribution >= 0.6 is 22.6 Å². The number of nitrogens with zero attached hydrogens (tertiary/aromatic N) is 1. The van der Waals surface area contributed by atoms with Crippen LogP contribution < -0.4 is 5.32 Å². The Morgan fingerprint density at radius 1 is 1.21 bits per heavy atom. The van der Waals surface area contributed by atoms with E-state index >= 15 is 0 Å². The van der Waals surface area contributed by atoms with Gasteiger partial charge in [0, 0.05) is 23.1 Å². The van der Waals surface area contributed by atoms with E-state index in [0.717, 1.165) is 6.92 Å². The topological polar surface area (TPSA) is 56.2 Å². The Morgan fingerprint density at radius 3 is 2.36 bits per heavy atom. The lowest BCUT2D eigenvalue weighted by Crippen LogP contribution is -2.62. The van der Waals surface area contributed by atoms with Gasteiger partial charge in [-0.1, -0.05) is 30.3 Å². The molecule has 148 valence electrons. The van der Waals surface area contributed by atoms with Crippen LogP contribution in [0.15, 0.2) is 42.5 Å². The second kappa shape index (κ2) is 7.06. The highest BCUT2D eigenvalue weighted by atomic mass is 127. The molecule has 28 heavy (non-hydrogen) atoms. The number of rotatable bonds is 3. The summed E-state index contributed by atoms with van der Waals surface area (Å²) < 4.78 is 41.4. The lowest BCUT2D eigenvalue weighted by Gasteiger charge is -2.46. The van der Waals surface area contributed by atoms with Gasteiger partial charge < -0.3 is 5.32 Å². The fourth-order valence-corrected chi connectivity index (χ4v) is 4.57. The molecule has 1 amide bonds. The standard InChI is InChI=1S/C20H19F3IN3O/c1-19(14-9-8-13(21)10-15(14)24)16(17(28)27(3)18(25)26-19)11-4-6-12(7-5-11)20(2,22)23/h4-10,16H,1-3H3,(H2,25,26)/t16-,19+/m0/s1. The first-order valence-corrected chi connectivity index (χ1v) is 9.61. The normalized spacial score (nSPS) is 23.0. The lowest BCUT2D eigenvalue weighted by molar-refractivity contribution is -0.131. The average molecular weight is 501 g/mol. The number of likely N-dealkylation sites (N-methyl/N-ethyl adjacent to an activating group) is 1. The molecule has 0 radical (unpaired) electrons. The zero-order valence-electron chi connectivity index (χ0n) is 15.5. The second-order valence-electron chi connectivity index (χ2n) is 7.14. The number of hydrogen-bond donors (Lipinski definition) is 2. The third-order valence-corrected chi connectivity index (χ3v) is 6.00. The van der Waals surface area contributed by atoms with Crippen LogP contribution in [0.1, 0.15) is 36.5 Å². The Balaban J connectivity index is 2.16. The summed E-state index contributed by atoms with van der Waals surface area (Å²) in [6, 6.07) is 9.86. The van der Waals surface area contributed by atoms with Gasteiger partial charge in [-0.2, -0.15) is 0 Å². The summed E-state index contributed by atoms with van der Waals surface area (Å²) in [4.78, 5) is 14.3. The summed E-state index contributed by atoms with van der Waals surface area (Å²) in [5, 5.41) is 11.2. The summed E-state index contributed by atoms with van der Waals surface area (Å²) in [6.07, 6.45) is 0. The molecular formula is C20H19F3IN3O. The van der Waals surface area contributed by atoms with Crippen molar-refractivity contribution in [3.63, 3.8) is 0 Å². The summed E-state index contributed by atoms with van der Waals surface area (Å²) in [7, 11) is 1.48. The lowest BCUT2D eigenvalue weighted by atomic mass is 9.73. The van der Waals surface area contributed by atoms with Gasteiger partial charge in [0.15, 0.2) is 5.96 Å². The van der Waals surface area contributed by atoms with E-state index in [0.29, 0.717) is 14.7 Å². The summed E-state index contributed by atoms with van der Waals surface area (Å²) in [6.45, 7) is 2.57. The minimum atomic E-state index is -2.98. The molecule has 2 atom stereocenters. The highest BCUT2D eigenvalue weighted by molar-refractivity contribution is 14.1. The Bertz CT molecular complexity index is 943. The molecular weight excluding hydrogens is 482 g/mol. The Labute approximate surface area is 174 Å². The minimum absolute atomic E-state index is 0.0828. The first kappa shape index (κ1) is 20.6. The first-order valence-electron chi connectivity index (χ1n) is 8.53. The van der Waals surface area contributed by atoms with Crippen molar-refractivity contribution in [1.29, 1.82) is 5.41 Å². The molecule has 2 N–H and O–H groups in total. The van der Waals surface area contributed by atoms with Crippen LogP contribution in [0.2, 0.25) is 0 Å². The van der Waals surface area contributed by atoms with Gasteiger partial charge in [-0.25, -0.2) is 13.2 Å². The molecule has 3 rings (SSSR count). The number of halogens is 4. The van der Waals surface area contributed by atoms with Gasteiger partial charge in [0.1, 0.15) is 5.82 Å². The van der Waals surface area contributed by atoms with Crippen molar-refractivity contribution >= 4 is 34.5 Å². The molecule has 4 nitrogen and oxygen atoms in total. The quantitative estimate of drug-likeness (QED) is 0.608. The fourth-order valence-electron chi connectivity index (χ4n) is 3.53. The summed E-state index contributed by atoms with van der Waals surface area (Å²) in [5.74, 6) is -4.60. The van der Waals surface area contributed by atoms with Crippen LogP contribution in [0.4, 0.5) is 13.2 Å². The van der Waals surface area contributed by atoms with E-state index in [1.807, 2.05) is 22.6 Å². The maximum atomic E-state index is 13.6. The van der Waals surface area contributed by atoms with E-state index in [9.17, 15) is 18.0 Å². The monoisotopic (exact) mass is 501 g/mol. The molecule has 0 bridgehead atoms. The van der Waals surface area contributed by atoms with Gasteiger partial charge in [0.25, 0.3) is 5.92 Å². The van der Waals surface area contributed by atoms with E-state index in [1.54, 1.807) is 13.0 Å². The average Bonchev–Trinajstić information content (AvgIpc) is 2.59. The molecule has 1 heterocycles. The van der Waals surface area contributed by atoms with E-state index in [-0.39, 0.29) is 17.4 Å². The first-order chi connectivity index (χ1) is 12.9. The number of benzene rings is 2. The molecule has 8 heteroatoms. The molecule has 1 saturated heterocycles. The van der Waals surface area contributed by atoms with Crippen molar-refractivity contribution in [2.45, 2.75) is 31.2 Å². The van der Waals surface area contributed by atoms with Crippen LogP contribution in [-0.4, -0.2) is 23.8 Å². The van der Waals surface area contributed by atoms with Crippen molar-refractivity contribution in [2.75, 3.05) is 7.05 Å². The van der Waals surface area contributed by atoms with Crippen LogP contribution in [-0.2, 0) is 16.3 Å². The van der Waals surface area contributed by atoms with Crippen molar-refractivity contribution in [3.05, 3.63) is 68.5 Å². The largest absolute Gasteiger partial charge is 0.346 e. The van der Waals surface area contributed by atoms with Crippen LogP contribution in [0, 0.1) is 14.8 Å². The molecule has 0 aliphatic carbocycles. The van der Waals surface area contributed by atoms with Gasteiger partial charge in [0.2, 0.25) is 5.91 Å². The number of amides is 1. The van der Waals surface area contributed by atoms with Crippen molar-refractivity contribution in [3.8, 4) is 0 Å². The molecule has 1 aliphatic rings. The zero-order valence-corrected chi connectivity index (χ0v) is 17.6. The Morgan fingerprint density at radius 2 is 1.82 bits per heavy atom. The number of guanidine groups is 1. The molecule has 1 aliphatic heterocycles. The van der Waals surface area contributed by atoms with Gasteiger partial charge in [-0.3, -0.25) is 15.1 Å². The van der Waals surface area contributed by atoms with Crippen LogP contribution in [0.5, 0.6) is 0 Å². The molecule has 0 unspecified atom stereocenters. The van der Waals surface area contributed by atoms with Crippen LogP contribution in [0.25, 0.3) is 0 Å². The summed E-state index contributed by atoms with van der Waals surface area (Å²) in [5.41, 5.74) is -0.0177. The number of alkyl halides is 2. The van der Waals surface area contributed by atoms with E-state index < -0.39 is 23.2 Å². The highest BCUT2D eigenvalue weighted by Crippen LogP contribution is 2.43. The maximum Gasteiger partial charge on any atom is 0.270 e. The third-order valence-electron chi connectivity index (χ3n) is 5.11. The molecule has 2 aromatic rings.